The van der Waals surface area contributed by atoms with Gasteiger partial charge in [-0.1, -0.05) is 11.3 Å². The third kappa shape index (κ3) is 5.63. The van der Waals surface area contributed by atoms with Crippen molar-refractivity contribution in [2.24, 2.45) is 0 Å². The van der Waals surface area contributed by atoms with E-state index in [4.69, 9.17) is 9.47 Å². The van der Waals surface area contributed by atoms with E-state index in [9.17, 15) is 19.7 Å². The maximum atomic E-state index is 12.5. The second kappa shape index (κ2) is 10.4. The molecule has 1 amide bonds. The third-order valence-electron chi connectivity index (χ3n) is 4.78. The van der Waals surface area contributed by atoms with Crippen molar-refractivity contribution in [3.8, 4) is 11.3 Å². The van der Waals surface area contributed by atoms with Gasteiger partial charge in [-0.05, 0) is 19.1 Å². The molecule has 0 aliphatic carbocycles. The Balaban J connectivity index is 1.91. The largest absolute Gasteiger partial charge is 0.462 e. The standard InChI is InChI=1S/C20H24N4O6S/c1-3-30-19(26)18-17(15-4-6-16(7-5-15)24(27)28)21-20(31-18)23(14(2)25)9-8-22-10-12-29-13-11-22/h4-7H,3,8-13H2,1-2H3. The van der Waals surface area contributed by atoms with Gasteiger partial charge in [0.1, 0.15) is 4.88 Å². The van der Waals surface area contributed by atoms with E-state index >= 15 is 0 Å². The van der Waals surface area contributed by atoms with E-state index in [0.29, 0.717) is 42.7 Å². The minimum Gasteiger partial charge on any atom is -0.462 e. The molecule has 1 saturated heterocycles. The van der Waals surface area contributed by atoms with E-state index in [2.05, 4.69) is 9.88 Å². The van der Waals surface area contributed by atoms with Crippen LogP contribution >= 0.6 is 11.3 Å². The van der Waals surface area contributed by atoms with Crippen LogP contribution in [0.4, 0.5) is 10.8 Å². The summed E-state index contributed by atoms with van der Waals surface area (Å²) in [5.74, 6) is -0.732. The number of carbonyl (C=O) groups excluding carboxylic acids is 2. The normalized spacial score (nSPS) is 14.3. The minimum atomic E-state index is -0.545. The van der Waals surface area contributed by atoms with E-state index in [1.165, 1.54) is 36.1 Å². The van der Waals surface area contributed by atoms with Crippen LogP contribution in [0.2, 0.25) is 0 Å². The average Bonchev–Trinajstić information content (AvgIpc) is 3.20. The van der Waals surface area contributed by atoms with Crippen LogP contribution in [0.15, 0.2) is 24.3 Å². The number of non-ortho nitro benzene ring substituents is 1. The number of nitrogens with zero attached hydrogens (tertiary/aromatic N) is 4. The molecule has 31 heavy (non-hydrogen) atoms. The maximum absolute atomic E-state index is 12.5. The van der Waals surface area contributed by atoms with Crippen LogP contribution in [0.3, 0.4) is 0 Å². The number of morpholine rings is 1. The highest BCUT2D eigenvalue weighted by Gasteiger charge is 2.26. The number of aromatic nitrogens is 1. The molecule has 2 heterocycles. The van der Waals surface area contributed by atoms with Crippen LogP contribution < -0.4 is 4.90 Å². The van der Waals surface area contributed by atoms with Crippen LogP contribution in [0.5, 0.6) is 0 Å². The van der Waals surface area contributed by atoms with Gasteiger partial charge in [0.15, 0.2) is 5.13 Å². The molecule has 0 bridgehead atoms. The zero-order valence-electron chi connectivity index (χ0n) is 17.4. The number of nitro benzene ring substituents is 1. The monoisotopic (exact) mass is 448 g/mol. The van der Waals surface area contributed by atoms with Crippen molar-refractivity contribution in [3.05, 3.63) is 39.3 Å². The first kappa shape index (κ1) is 22.8. The molecule has 1 aromatic heterocycles. The molecule has 166 valence electrons. The number of nitro groups is 1. The smallest absolute Gasteiger partial charge is 0.350 e. The predicted octanol–water partition coefficient (Wildman–Crippen LogP) is 2.58. The van der Waals surface area contributed by atoms with Crippen LogP contribution in [-0.2, 0) is 14.3 Å². The lowest BCUT2D eigenvalue weighted by Crippen LogP contribution is -2.42. The highest BCUT2D eigenvalue weighted by molar-refractivity contribution is 7.18. The molecule has 0 radical (unpaired) electrons. The number of benzene rings is 1. The lowest BCUT2D eigenvalue weighted by atomic mass is 10.1. The molecular formula is C20H24N4O6S. The molecule has 3 rings (SSSR count). The summed E-state index contributed by atoms with van der Waals surface area (Å²) in [7, 11) is 0. The van der Waals surface area contributed by atoms with Crippen molar-refractivity contribution in [2.75, 3.05) is 50.9 Å². The summed E-state index contributed by atoms with van der Waals surface area (Å²) in [6.07, 6.45) is 0. The van der Waals surface area contributed by atoms with Gasteiger partial charge in [-0.3, -0.25) is 24.7 Å². The number of carbonyl (C=O) groups is 2. The summed E-state index contributed by atoms with van der Waals surface area (Å²) in [5.41, 5.74) is 0.812. The second-order valence-electron chi connectivity index (χ2n) is 6.82. The number of amides is 1. The fourth-order valence-electron chi connectivity index (χ4n) is 3.15. The Morgan fingerprint density at radius 3 is 2.55 bits per heavy atom. The summed E-state index contributed by atoms with van der Waals surface area (Å²) in [4.78, 5) is 43.9. The van der Waals surface area contributed by atoms with Crippen molar-refractivity contribution < 1.29 is 24.0 Å². The Morgan fingerprint density at radius 2 is 1.97 bits per heavy atom. The van der Waals surface area contributed by atoms with Gasteiger partial charge < -0.3 is 9.47 Å². The van der Waals surface area contributed by atoms with Gasteiger partial charge >= 0.3 is 5.97 Å². The quantitative estimate of drug-likeness (QED) is 0.344. The molecule has 0 atom stereocenters. The predicted molar refractivity (Wildman–Crippen MR) is 115 cm³/mol. The van der Waals surface area contributed by atoms with Crippen molar-refractivity contribution >= 4 is 34.0 Å². The van der Waals surface area contributed by atoms with Crippen LogP contribution in [0, 0.1) is 10.1 Å². The molecule has 1 fully saturated rings. The fourth-order valence-corrected chi connectivity index (χ4v) is 4.20. The van der Waals surface area contributed by atoms with E-state index < -0.39 is 10.9 Å². The molecule has 0 N–H and O–H groups in total. The summed E-state index contributed by atoms with van der Waals surface area (Å²) < 4.78 is 10.5. The Morgan fingerprint density at radius 1 is 1.29 bits per heavy atom. The highest BCUT2D eigenvalue weighted by atomic mass is 32.1. The van der Waals surface area contributed by atoms with Gasteiger partial charge in [-0.2, -0.15) is 0 Å². The molecule has 11 heteroatoms. The second-order valence-corrected chi connectivity index (χ2v) is 7.80. The number of hydrogen-bond donors (Lipinski definition) is 0. The molecular weight excluding hydrogens is 424 g/mol. The van der Waals surface area contributed by atoms with Gasteiger partial charge in [0.05, 0.1) is 30.4 Å². The van der Waals surface area contributed by atoms with Crippen LogP contribution in [0.25, 0.3) is 11.3 Å². The van der Waals surface area contributed by atoms with Crippen molar-refractivity contribution in [1.29, 1.82) is 0 Å². The SMILES string of the molecule is CCOC(=O)c1sc(N(CCN2CCOCC2)C(C)=O)nc1-c1ccc([N+](=O)[O-])cc1. The van der Waals surface area contributed by atoms with Crippen LogP contribution in [-0.4, -0.2) is 72.7 Å². The fraction of sp³-hybridized carbons (Fsp3) is 0.450. The molecule has 10 nitrogen and oxygen atoms in total. The first-order valence-electron chi connectivity index (χ1n) is 9.91. The minimum absolute atomic E-state index is 0.0623. The van der Waals surface area contributed by atoms with Crippen molar-refractivity contribution in [2.45, 2.75) is 13.8 Å². The number of hydrogen-bond acceptors (Lipinski definition) is 9. The van der Waals surface area contributed by atoms with Crippen LogP contribution in [0.1, 0.15) is 23.5 Å². The first-order chi connectivity index (χ1) is 14.9. The Labute approximate surface area is 183 Å². The topological polar surface area (TPSA) is 115 Å². The zero-order chi connectivity index (χ0) is 22.4. The number of esters is 1. The van der Waals surface area contributed by atoms with Gasteiger partial charge in [0, 0.05) is 50.8 Å². The van der Waals surface area contributed by atoms with E-state index in [0.717, 1.165) is 24.4 Å². The molecule has 0 unspecified atom stereocenters. The van der Waals surface area contributed by atoms with Crippen molar-refractivity contribution in [1.82, 2.24) is 9.88 Å². The molecule has 1 aromatic carbocycles. The highest BCUT2D eigenvalue weighted by Crippen LogP contribution is 2.34. The third-order valence-corrected chi connectivity index (χ3v) is 5.84. The van der Waals surface area contributed by atoms with Gasteiger partial charge in [0.2, 0.25) is 5.91 Å². The van der Waals surface area contributed by atoms with Gasteiger partial charge in [-0.15, -0.1) is 0 Å². The van der Waals surface area contributed by atoms with E-state index in [-0.39, 0.29) is 23.1 Å². The summed E-state index contributed by atoms with van der Waals surface area (Å²) >= 11 is 1.08. The summed E-state index contributed by atoms with van der Waals surface area (Å²) in [5, 5.41) is 11.3. The lowest BCUT2D eigenvalue weighted by Gasteiger charge is -2.28. The summed E-state index contributed by atoms with van der Waals surface area (Å²) in [6, 6.07) is 5.77. The first-order valence-corrected chi connectivity index (χ1v) is 10.7. The molecule has 1 aliphatic rings. The summed E-state index contributed by atoms with van der Waals surface area (Å²) in [6.45, 7) is 7.35. The average molecular weight is 449 g/mol. The Kier molecular flexibility index (Phi) is 7.66. The van der Waals surface area contributed by atoms with E-state index in [1.54, 1.807) is 6.92 Å². The Bertz CT molecular complexity index is 940. The zero-order valence-corrected chi connectivity index (χ0v) is 18.2. The Hall–Kier alpha value is -2.89. The molecule has 1 aliphatic heterocycles. The number of thiazole rings is 1. The number of rotatable bonds is 8. The van der Waals surface area contributed by atoms with E-state index in [1.807, 2.05) is 0 Å². The van der Waals surface area contributed by atoms with Gasteiger partial charge in [0.25, 0.3) is 5.69 Å². The lowest BCUT2D eigenvalue weighted by molar-refractivity contribution is -0.384. The molecule has 0 saturated carbocycles. The van der Waals surface area contributed by atoms with Gasteiger partial charge in [-0.25, -0.2) is 9.78 Å². The molecule has 2 aromatic rings. The number of anilines is 1. The van der Waals surface area contributed by atoms with Crippen molar-refractivity contribution in [3.63, 3.8) is 0 Å². The maximum Gasteiger partial charge on any atom is 0.350 e. The molecule has 0 spiro atoms. The number of ether oxygens (including phenoxy) is 2.